The molecule has 1 radical (unpaired) electrons. The minimum absolute atomic E-state index is 0.240. The van der Waals surface area contributed by atoms with Gasteiger partial charge in [0, 0.05) is 5.56 Å². The molecule has 0 fully saturated rings. The summed E-state index contributed by atoms with van der Waals surface area (Å²) in [6.45, 7) is 2.13. The van der Waals surface area contributed by atoms with Gasteiger partial charge in [0.25, 0.3) is 0 Å². The van der Waals surface area contributed by atoms with E-state index < -0.39 is 6.10 Å². The average molecular weight is 209 g/mol. The largest absolute Gasteiger partial charge is 0.494 e. The van der Waals surface area contributed by atoms with Gasteiger partial charge in [-0.25, -0.2) is 4.39 Å². The number of aliphatic hydroxyl groups is 1. The molecule has 0 aromatic heterocycles. The van der Waals surface area contributed by atoms with Gasteiger partial charge >= 0.3 is 7.48 Å². The molecule has 0 amide bonds. The molecule has 0 saturated heterocycles. The highest BCUT2D eigenvalue weighted by Crippen LogP contribution is 2.27. The quantitative estimate of drug-likeness (QED) is 0.738. The Morgan fingerprint density at radius 3 is 3.07 bits per heavy atom. The van der Waals surface area contributed by atoms with Crippen LogP contribution in [0.3, 0.4) is 0 Å². The van der Waals surface area contributed by atoms with Crippen LogP contribution in [0.15, 0.2) is 12.1 Å². The Morgan fingerprint density at radius 1 is 1.60 bits per heavy atom. The van der Waals surface area contributed by atoms with Gasteiger partial charge in [0.05, 0.1) is 19.3 Å². The van der Waals surface area contributed by atoms with E-state index in [4.69, 9.17) is 14.5 Å². The fraction of sp³-hybridized carbons (Fsp3) is 0.400. The van der Waals surface area contributed by atoms with Crippen LogP contribution < -0.4 is 10.2 Å². The zero-order valence-electron chi connectivity index (χ0n) is 8.37. The molecule has 3 nitrogen and oxygen atoms in total. The first kappa shape index (κ1) is 10.5. The Morgan fingerprint density at radius 2 is 2.40 bits per heavy atom. The van der Waals surface area contributed by atoms with Crippen molar-refractivity contribution in [1.82, 2.24) is 0 Å². The third-order valence-electron chi connectivity index (χ3n) is 2.33. The van der Waals surface area contributed by atoms with Crippen LogP contribution in [-0.2, 0) is 4.65 Å². The van der Waals surface area contributed by atoms with Gasteiger partial charge in [-0.3, -0.25) is 0 Å². The fourth-order valence-electron chi connectivity index (χ4n) is 1.67. The molecule has 1 heterocycles. The van der Waals surface area contributed by atoms with Crippen LogP contribution in [0.2, 0.25) is 0 Å². The number of rotatable bonds is 3. The maximum atomic E-state index is 13.5. The van der Waals surface area contributed by atoms with Crippen LogP contribution in [0.5, 0.6) is 5.75 Å². The molecule has 0 bridgehead atoms. The lowest BCUT2D eigenvalue weighted by Gasteiger charge is -2.11. The fourth-order valence-corrected chi connectivity index (χ4v) is 1.67. The molecule has 1 unspecified atom stereocenters. The monoisotopic (exact) mass is 209 g/mol. The maximum absolute atomic E-state index is 13.5. The third-order valence-corrected chi connectivity index (χ3v) is 2.33. The van der Waals surface area contributed by atoms with Crippen LogP contribution in [-0.4, -0.2) is 25.8 Å². The summed E-state index contributed by atoms with van der Waals surface area (Å²) in [5.74, 6) is 0.214. The molecule has 1 aliphatic heterocycles. The van der Waals surface area contributed by atoms with Crippen molar-refractivity contribution >= 4 is 12.9 Å². The molecule has 0 aliphatic carbocycles. The van der Waals surface area contributed by atoms with Gasteiger partial charge in [-0.15, -0.1) is 0 Å². The summed E-state index contributed by atoms with van der Waals surface area (Å²) in [5, 5.41) is 9.01. The highest BCUT2D eigenvalue weighted by atomic mass is 19.1. The molecule has 15 heavy (non-hydrogen) atoms. The highest BCUT2D eigenvalue weighted by Gasteiger charge is 2.30. The summed E-state index contributed by atoms with van der Waals surface area (Å²) in [5.41, 5.74) is 0.972. The summed E-state index contributed by atoms with van der Waals surface area (Å²) >= 11 is 0. The van der Waals surface area contributed by atoms with Crippen molar-refractivity contribution in [3.63, 3.8) is 0 Å². The van der Waals surface area contributed by atoms with E-state index in [0.29, 0.717) is 23.4 Å². The first-order valence-corrected chi connectivity index (χ1v) is 4.82. The minimum atomic E-state index is -0.611. The van der Waals surface area contributed by atoms with Gasteiger partial charge in [-0.05, 0) is 24.5 Å². The second-order valence-electron chi connectivity index (χ2n) is 3.23. The Labute approximate surface area is 88.1 Å². The molecule has 5 heteroatoms. The molecule has 1 aromatic rings. The van der Waals surface area contributed by atoms with Crippen LogP contribution in [0.4, 0.5) is 4.39 Å². The van der Waals surface area contributed by atoms with Crippen LogP contribution in [0, 0.1) is 5.82 Å². The average Bonchev–Trinajstić information content (AvgIpc) is 2.67. The first-order chi connectivity index (χ1) is 7.27. The molecular formula is C10H11BFO3. The van der Waals surface area contributed by atoms with E-state index in [-0.39, 0.29) is 12.4 Å². The Bertz CT molecular complexity index is 370. The van der Waals surface area contributed by atoms with Gasteiger partial charge < -0.3 is 14.5 Å². The molecule has 79 valence electrons. The normalized spacial score (nSPS) is 18.5. The minimum Gasteiger partial charge on any atom is -0.494 e. The molecule has 0 saturated carbocycles. The summed E-state index contributed by atoms with van der Waals surface area (Å²) in [7, 11) is 1.43. The number of ether oxygens (including phenoxy) is 1. The number of hydrogen-bond acceptors (Lipinski definition) is 3. The van der Waals surface area contributed by atoms with Crippen LogP contribution in [0.25, 0.3) is 0 Å². The Hall–Kier alpha value is -1.07. The molecular weight excluding hydrogens is 198 g/mol. The number of hydrogen-bond donors (Lipinski definition) is 1. The van der Waals surface area contributed by atoms with E-state index in [1.807, 2.05) is 6.92 Å². The SMILES string of the molecule is CCOc1ccc(F)c2c1[B]OC2CO. The molecule has 1 atom stereocenters. The maximum Gasteiger partial charge on any atom is 0.335 e. The molecule has 1 aromatic carbocycles. The number of halogens is 1. The van der Waals surface area contributed by atoms with E-state index in [9.17, 15) is 4.39 Å². The Kier molecular flexibility index (Phi) is 2.93. The Balaban J connectivity index is 2.44. The lowest BCUT2D eigenvalue weighted by molar-refractivity contribution is 0.128. The lowest BCUT2D eigenvalue weighted by Crippen LogP contribution is -2.17. The summed E-state index contributed by atoms with van der Waals surface area (Å²) < 4.78 is 24.0. The predicted molar refractivity (Wildman–Crippen MR) is 53.9 cm³/mol. The highest BCUT2D eigenvalue weighted by molar-refractivity contribution is 6.50. The van der Waals surface area contributed by atoms with Crippen molar-refractivity contribution in [2.24, 2.45) is 0 Å². The first-order valence-electron chi connectivity index (χ1n) is 4.82. The van der Waals surface area contributed by atoms with Crippen molar-refractivity contribution in [3.05, 3.63) is 23.5 Å². The van der Waals surface area contributed by atoms with E-state index in [1.165, 1.54) is 13.5 Å². The number of fused-ring (bicyclic) bond motifs is 1. The van der Waals surface area contributed by atoms with Gasteiger partial charge in [-0.1, -0.05) is 0 Å². The summed E-state index contributed by atoms with van der Waals surface area (Å²) in [6.07, 6.45) is -0.611. The number of benzene rings is 1. The van der Waals surface area contributed by atoms with Gasteiger partial charge in [0.2, 0.25) is 0 Å². The lowest BCUT2D eigenvalue weighted by atomic mass is 9.85. The third kappa shape index (κ3) is 1.73. The van der Waals surface area contributed by atoms with Gasteiger partial charge in [0.15, 0.2) is 0 Å². The molecule has 1 aliphatic rings. The topological polar surface area (TPSA) is 38.7 Å². The van der Waals surface area contributed by atoms with Crippen molar-refractivity contribution in [3.8, 4) is 5.75 Å². The molecule has 1 N–H and O–H groups in total. The zero-order valence-corrected chi connectivity index (χ0v) is 8.37. The van der Waals surface area contributed by atoms with Crippen molar-refractivity contribution in [1.29, 1.82) is 0 Å². The second-order valence-corrected chi connectivity index (χ2v) is 3.23. The van der Waals surface area contributed by atoms with Gasteiger partial charge in [0.1, 0.15) is 11.6 Å². The van der Waals surface area contributed by atoms with Crippen LogP contribution >= 0.6 is 0 Å². The van der Waals surface area contributed by atoms with Crippen molar-refractivity contribution in [2.75, 3.05) is 13.2 Å². The predicted octanol–water partition coefficient (Wildman–Crippen LogP) is 0.532. The van der Waals surface area contributed by atoms with Crippen molar-refractivity contribution < 1.29 is 18.9 Å². The summed E-state index contributed by atoms with van der Waals surface area (Å²) in [6, 6.07) is 2.90. The van der Waals surface area contributed by atoms with Crippen molar-refractivity contribution in [2.45, 2.75) is 13.0 Å². The zero-order chi connectivity index (χ0) is 10.8. The van der Waals surface area contributed by atoms with E-state index in [1.54, 1.807) is 6.07 Å². The standard InChI is InChI=1S/C10H11BFO3/c1-2-14-7-4-3-6(12)9-8(5-13)15-11-10(7)9/h3-4,8,13H,2,5H2,1H3. The smallest absolute Gasteiger partial charge is 0.335 e. The second kappa shape index (κ2) is 4.20. The van der Waals surface area contributed by atoms with E-state index in [2.05, 4.69) is 0 Å². The van der Waals surface area contributed by atoms with E-state index in [0.717, 1.165) is 0 Å². The molecule has 2 rings (SSSR count). The summed E-state index contributed by atoms with van der Waals surface area (Å²) in [4.78, 5) is 0. The van der Waals surface area contributed by atoms with E-state index >= 15 is 0 Å². The molecule has 0 spiro atoms. The van der Waals surface area contributed by atoms with Crippen LogP contribution in [0.1, 0.15) is 18.6 Å². The number of aliphatic hydroxyl groups excluding tert-OH is 1. The van der Waals surface area contributed by atoms with Gasteiger partial charge in [-0.2, -0.15) is 0 Å².